The lowest BCUT2D eigenvalue weighted by Gasteiger charge is -2.37. The number of hydrogen-bond donors (Lipinski definition) is 1. The molecule has 1 aromatic carbocycles. The summed E-state index contributed by atoms with van der Waals surface area (Å²) in [7, 11) is 0. The Balaban J connectivity index is 1.38. The number of benzene rings is 1. The highest BCUT2D eigenvalue weighted by molar-refractivity contribution is 5.70. The van der Waals surface area contributed by atoms with E-state index in [2.05, 4.69) is 28.5 Å². The van der Waals surface area contributed by atoms with E-state index in [1.165, 1.54) is 0 Å². The third-order valence-corrected chi connectivity index (χ3v) is 6.57. The molecule has 3 aromatic rings. The van der Waals surface area contributed by atoms with E-state index in [1.807, 2.05) is 49.8 Å². The van der Waals surface area contributed by atoms with Crippen molar-refractivity contribution in [3.8, 4) is 28.7 Å². The van der Waals surface area contributed by atoms with Crippen molar-refractivity contribution in [2.24, 2.45) is 0 Å². The number of aromatic nitrogens is 5. The van der Waals surface area contributed by atoms with Gasteiger partial charge in [-0.15, -0.1) is 0 Å². The lowest BCUT2D eigenvalue weighted by atomic mass is 9.86. The van der Waals surface area contributed by atoms with Crippen LogP contribution in [0.4, 0.5) is 4.79 Å². The summed E-state index contributed by atoms with van der Waals surface area (Å²) in [6, 6.07) is 6.22. The first kappa shape index (κ1) is 24.3. The number of β-amino-alcohol motifs (C(OH)–C–C–N with tert-alkyl or cyclic N) is 1. The average Bonchev–Trinajstić information content (AvgIpc) is 3.42. The zero-order chi connectivity index (χ0) is 25.6. The lowest BCUT2D eigenvalue weighted by molar-refractivity contribution is -0.00154. The molecule has 1 amide bonds. The maximum Gasteiger partial charge on any atom is 0.410 e. The summed E-state index contributed by atoms with van der Waals surface area (Å²) in [5.41, 5.74) is 2.10. The summed E-state index contributed by atoms with van der Waals surface area (Å²) in [5, 5.41) is 15.3. The molecular formula is C26H34N6O4. The fourth-order valence-electron chi connectivity index (χ4n) is 4.86. The molecular weight excluding hydrogens is 460 g/mol. The summed E-state index contributed by atoms with van der Waals surface area (Å²) in [4.78, 5) is 23.4. The second-order valence-electron chi connectivity index (χ2n) is 10.8. The third kappa shape index (κ3) is 4.69. The molecule has 1 fully saturated rings. The Morgan fingerprint density at radius 1 is 1.22 bits per heavy atom. The van der Waals surface area contributed by atoms with Crippen LogP contribution in [0.3, 0.4) is 0 Å². The Hall–Kier alpha value is -3.40. The summed E-state index contributed by atoms with van der Waals surface area (Å²) < 4.78 is 15.5. The number of piperidine rings is 1. The van der Waals surface area contributed by atoms with Crippen LogP contribution in [-0.2, 0) is 11.3 Å². The molecule has 0 saturated carbocycles. The van der Waals surface area contributed by atoms with Crippen molar-refractivity contribution in [2.75, 3.05) is 19.7 Å². The molecule has 1 saturated heterocycles. The van der Waals surface area contributed by atoms with Gasteiger partial charge in [-0.05, 0) is 58.7 Å². The van der Waals surface area contributed by atoms with Crippen LogP contribution in [0.2, 0.25) is 0 Å². The predicted molar refractivity (Wildman–Crippen MR) is 134 cm³/mol. The molecule has 2 aliphatic rings. The molecule has 10 nitrogen and oxygen atoms in total. The van der Waals surface area contributed by atoms with Gasteiger partial charge in [0.15, 0.2) is 5.82 Å². The lowest BCUT2D eigenvalue weighted by Crippen LogP contribution is -2.47. The van der Waals surface area contributed by atoms with Crippen LogP contribution in [0.1, 0.15) is 58.6 Å². The zero-order valence-corrected chi connectivity index (χ0v) is 21.5. The van der Waals surface area contributed by atoms with Gasteiger partial charge in [-0.2, -0.15) is 5.10 Å². The second kappa shape index (κ2) is 9.24. The number of carbonyl (C=O) groups excluding carboxylic acids is 1. The van der Waals surface area contributed by atoms with Crippen molar-refractivity contribution in [3.63, 3.8) is 0 Å². The molecule has 192 valence electrons. The van der Waals surface area contributed by atoms with E-state index >= 15 is 0 Å². The molecule has 0 radical (unpaired) electrons. The van der Waals surface area contributed by atoms with Crippen LogP contribution in [-0.4, -0.2) is 71.8 Å². The highest BCUT2D eigenvalue weighted by Gasteiger charge is 2.34. The monoisotopic (exact) mass is 494 g/mol. The van der Waals surface area contributed by atoms with Gasteiger partial charge in [0.1, 0.15) is 35.8 Å². The number of imidazole rings is 1. The fraction of sp³-hybridized carbons (Fsp3) is 0.538. The van der Waals surface area contributed by atoms with Gasteiger partial charge in [-0.1, -0.05) is 6.07 Å². The molecule has 4 heterocycles. The number of rotatable bonds is 3. The predicted octanol–water partition coefficient (Wildman–Crippen LogP) is 3.87. The van der Waals surface area contributed by atoms with Gasteiger partial charge in [-0.25, -0.2) is 19.4 Å². The van der Waals surface area contributed by atoms with Crippen LogP contribution in [0.25, 0.3) is 22.9 Å². The maximum atomic E-state index is 12.4. The molecule has 10 heteroatoms. The SMILES string of the molecule is CC(C)n1ncnc1-c1cn2c(n1)-c1ccc([C@@H]3CCN(C(=O)OC(C)(C)C)C[C@@H]3O)cc1OCC2. The topological polar surface area (TPSA) is 108 Å². The van der Waals surface area contributed by atoms with Crippen LogP contribution in [0.5, 0.6) is 5.75 Å². The maximum absolute atomic E-state index is 12.4. The summed E-state index contributed by atoms with van der Waals surface area (Å²) in [5.74, 6) is 2.21. The number of likely N-dealkylation sites (tertiary alicyclic amines) is 1. The second-order valence-corrected chi connectivity index (χ2v) is 10.8. The molecule has 0 unspecified atom stereocenters. The molecule has 1 N–H and O–H groups in total. The standard InChI is InChI=1S/C26H34N6O4/c1-16(2)32-24(27-15-28-32)20-13-30-10-11-35-22-12-17(6-7-19(22)23(30)29-20)18-8-9-31(14-21(18)33)25(34)36-26(3,4)5/h6-7,12-13,15-16,18,21,33H,8-11,14H2,1-5H3/t18-,21-/m0/s1. The van der Waals surface area contributed by atoms with Crippen molar-refractivity contribution in [1.29, 1.82) is 0 Å². The van der Waals surface area contributed by atoms with Gasteiger partial charge in [0, 0.05) is 24.7 Å². The number of carbonyl (C=O) groups is 1. The van der Waals surface area contributed by atoms with Gasteiger partial charge in [-0.3, -0.25) is 0 Å². The van der Waals surface area contributed by atoms with Crippen molar-refractivity contribution in [2.45, 2.75) is 71.2 Å². The molecule has 2 atom stereocenters. The minimum Gasteiger partial charge on any atom is -0.491 e. The van der Waals surface area contributed by atoms with E-state index in [0.29, 0.717) is 26.1 Å². The highest BCUT2D eigenvalue weighted by atomic mass is 16.6. The van der Waals surface area contributed by atoms with E-state index in [1.54, 1.807) is 11.2 Å². The Morgan fingerprint density at radius 3 is 2.75 bits per heavy atom. The smallest absolute Gasteiger partial charge is 0.410 e. The van der Waals surface area contributed by atoms with Crippen LogP contribution < -0.4 is 4.74 Å². The number of amides is 1. The van der Waals surface area contributed by atoms with Gasteiger partial charge in [0.25, 0.3) is 0 Å². The summed E-state index contributed by atoms with van der Waals surface area (Å²) in [6.45, 7) is 11.6. The van der Waals surface area contributed by atoms with E-state index in [9.17, 15) is 9.90 Å². The third-order valence-electron chi connectivity index (χ3n) is 6.57. The number of hydrogen-bond acceptors (Lipinski definition) is 7. The van der Waals surface area contributed by atoms with E-state index in [0.717, 1.165) is 34.2 Å². The van der Waals surface area contributed by atoms with Crippen molar-refractivity contribution in [3.05, 3.63) is 36.3 Å². The molecule has 0 bridgehead atoms. The first-order chi connectivity index (χ1) is 17.1. The van der Waals surface area contributed by atoms with E-state index in [-0.39, 0.29) is 24.6 Å². The van der Waals surface area contributed by atoms with Gasteiger partial charge >= 0.3 is 6.09 Å². The molecule has 0 aliphatic carbocycles. The fourth-order valence-corrected chi connectivity index (χ4v) is 4.86. The minimum atomic E-state index is -0.689. The Morgan fingerprint density at radius 2 is 2.03 bits per heavy atom. The Kier molecular flexibility index (Phi) is 6.23. The van der Waals surface area contributed by atoms with Gasteiger partial charge < -0.3 is 24.0 Å². The largest absolute Gasteiger partial charge is 0.491 e. The van der Waals surface area contributed by atoms with E-state index in [4.69, 9.17) is 14.5 Å². The number of aliphatic hydroxyl groups is 1. The normalized spacial score (nSPS) is 19.9. The molecule has 2 aromatic heterocycles. The highest BCUT2D eigenvalue weighted by Crippen LogP contribution is 2.38. The van der Waals surface area contributed by atoms with Crippen molar-refractivity contribution in [1.82, 2.24) is 29.2 Å². The molecule has 2 aliphatic heterocycles. The Labute approximate surface area is 210 Å². The number of fused-ring (bicyclic) bond motifs is 3. The first-order valence-electron chi connectivity index (χ1n) is 12.5. The van der Waals surface area contributed by atoms with Gasteiger partial charge in [0.05, 0.1) is 24.8 Å². The quantitative estimate of drug-likeness (QED) is 0.589. The van der Waals surface area contributed by atoms with Crippen LogP contribution >= 0.6 is 0 Å². The average molecular weight is 495 g/mol. The van der Waals surface area contributed by atoms with Gasteiger partial charge in [0.2, 0.25) is 0 Å². The summed E-state index contributed by atoms with van der Waals surface area (Å²) in [6.07, 6.45) is 3.12. The molecule has 0 spiro atoms. The number of ether oxygens (including phenoxy) is 2. The van der Waals surface area contributed by atoms with Crippen molar-refractivity contribution >= 4 is 6.09 Å². The Bertz CT molecular complexity index is 1260. The minimum absolute atomic E-state index is 0.0965. The van der Waals surface area contributed by atoms with Crippen LogP contribution in [0.15, 0.2) is 30.7 Å². The van der Waals surface area contributed by atoms with E-state index < -0.39 is 11.7 Å². The first-order valence-corrected chi connectivity index (χ1v) is 12.5. The molecule has 5 rings (SSSR count). The number of nitrogens with zero attached hydrogens (tertiary/aromatic N) is 6. The van der Waals surface area contributed by atoms with Crippen LogP contribution in [0, 0.1) is 0 Å². The summed E-state index contributed by atoms with van der Waals surface area (Å²) >= 11 is 0. The number of aliphatic hydroxyl groups excluding tert-OH is 1. The zero-order valence-electron chi connectivity index (χ0n) is 21.5. The molecule has 36 heavy (non-hydrogen) atoms. The van der Waals surface area contributed by atoms with Crippen molar-refractivity contribution < 1.29 is 19.4 Å².